The molecule has 3 aromatic rings. The number of amides is 1. The van der Waals surface area contributed by atoms with E-state index in [2.05, 4.69) is 16.3 Å². The fourth-order valence-corrected chi connectivity index (χ4v) is 6.72. The third kappa shape index (κ3) is 4.54. The largest absolute Gasteiger partial charge is 0.492 e. The van der Waals surface area contributed by atoms with Crippen molar-refractivity contribution >= 4 is 22.6 Å². The zero-order chi connectivity index (χ0) is 30.0. The number of aliphatic hydroxyl groups is 2. The van der Waals surface area contributed by atoms with Crippen molar-refractivity contribution < 1.29 is 32.9 Å². The van der Waals surface area contributed by atoms with Gasteiger partial charge >= 0.3 is 11.9 Å². The van der Waals surface area contributed by atoms with E-state index in [0.29, 0.717) is 43.7 Å². The van der Waals surface area contributed by atoms with Crippen molar-refractivity contribution in [2.24, 2.45) is 0 Å². The lowest BCUT2D eigenvalue weighted by Gasteiger charge is -2.41. The molecule has 1 saturated carbocycles. The van der Waals surface area contributed by atoms with Crippen LogP contribution in [-0.4, -0.2) is 62.0 Å². The molecule has 1 saturated heterocycles. The molecule has 0 atom stereocenters. The summed E-state index contributed by atoms with van der Waals surface area (Å²) in [4.78, 5) is 28.0. The first-order chi connectivity index (χ1) is 19.9. The number of fused-ring (bicyclic) bond motifs is 3. The maximum Gasteiger partial charge on any atom is 0.418 e. The molecular formula is C29H30F3N5O5. The van der Waals surface area contributed by atoms with Gasteiger partial charge in [0, 0.05) is 24.3 Å². The van der Waals surface area contributed by atoms with Crippen molar-refractivity contribution in [1.29, 1.82) is 5.26 Å². The second-order valence-corrected chi connectivity index (χ2v) is 11.7. The Bertz CT molecular complexity index is 1670. The molecule has 3 N–H and O–H groups in total. The molecule has 2 fully saturated rings. The fourth-order valence-electron chi connectivity index (χ4n) is 6.72. The van der Waals surface area contributed by atoms with Crippen LogP contribution in [-0.2, 0) is 23.1 Å². The predicted molar refractivity (Wildman–Crippen MR) is 145 cm³/mol. The molecule has 1 aromatic heterocycles. The maximum atomic E-state index is 14.3. The van der Waals surface area contributed by atoms with E-state index in [-0.39, 0.29) is 42.1 Å². The molecule has 3 heterocycles. The lowest BCUT2D eigenvalue weighted by atomic mass is 9.73. The minimum absolute atomic E-state index is 0.0622. The number of imidazole rings is 1. The van der Waals surface area contributed by atoms with E-state index in [0.717, 1.165) is 20.8 Å². The van der Waals surface area contributed by atoms with Crippen LogP contribution in [0.3, 0.4) is 0 Å². The molecule has 222 valence electrons. The Kier molecular flexibility index (Phi) is 6.64. The van der Waals surface area contributed by atoms with Crippen molar-refractivity contribution in [3.63, 3.8) is 0 Å². The number of carbonyl (C=O) groups excluding carboxylic acids is 1. The number of aromatic nitrogens is 2. The molecule has 10 nitrogen and oxygen atoms in total. The standard InChI is InChI=1S/C29H30F3N5O5/c1-27(41)13-18(14-27)37-24-21(29(30,31)32)11-19(12-23(24)36(16-38)26(37)40)42-9-8-35-6-4-28(5-7-35)20-10-17(15-33)2-3-22(20)34-25(28)39/h2-3,10-12,18,38,41H,4-9,13-14,16H2,1H3,(H,34,39). The van der Waals surface area contributed by atoms with Crippen LogP contribution in [0.4, 0.5) is 18.9 Å². The Labute approximate surface area is 238 Å². The van der Waals surface area contributed by atoms with Gasteiger partial charge in [-0.15, -0.1) is 0 Å². The molecule has 2 aromatic carbocycles. The Morgan fingerprint density at radius 2 is 1.88 bits per heavy atom. The molecule has 42 heavy (non-hydrogen) atoms. The summed E-state index contributed by atoms with van der Waals surface area (Å²) in [7, 11) is 0. The van der Waals surface area contributed by atoms with Crippen LogP contribution in [0.5, 0.6) is 5.75 Å². The van der Waals surface area contributed by atoms with Crippen LogP contribution < -0.4 is 15.7 Å². The smallest absolute Gasteiger partial charge is 0.418 e. The summed E-state index contributed by atoms with van der Waals surface area (Å²) in [5, 5.41) is 32.2. The van der Waals surface area contributed by atoms with Gasteiger partial charge in [0.05, 0.1) is 39.2 Å². The second kappa shape index (κ2) is 9.86. The van der Waals surface area contributed by atoms with Gasteiger partial charge in [-0.2, -0.15) is 18.4 Å². The molecule has 2 aliphatic heterocycles. The zero-order valence-electron chi connectivity index (χ0n) is 22.9. The molecule has 1 amide bonds. The Morgan fingerprint density at radius 3 is 2.50 bits per heavy atom. The number of anilines is 1. The van der Waals surface area contributed by atoms with Gasteiger partial charge in [-0.3, -0.25) is 18.8 Å². The molecule has 3 aliphatic rings. The molecule has 1 spiro atoms. The van der Waals surface area contributed by atoms with Crippen LogP contribution >= 0.6 is 0 Å². The fraction of sp³-hybridized carbons (Fsp3) is 0.483. The van der Waals surface area contributed by atoms with Gasteiger partial charge in [0.1, 0.15) is 19.1 Å². The maximum absolute atomic E-state index is 14.3. The number of piperidine rings is 1. The number of nitrogens with one attached hydrogen (secondary N) is 1. The Morgan fingerprint density at radius 1 is 1.17 bits per heavy atom. The molecule has 1 aliphatic carbocycles. The first-order valence-corrected chi connectivity index (χ1v) is 13.8. The highest BCUT2D eigenvalue weighted by atomic mass is 19.4. The van der Waals surface area contributed by atoms with Crippen LogP contribution in [0, 0.1) is 11.3 Å². The van der Waals surface area contributed by atoms with Crippen molar-refractivity contribution in [3.05, 3.63) is 57.5 Å². The quantitative estimate of drug-likeness (QED) is 0.405. The highest BCUT2D eigenvalue weighted by Crippen LogP contribution is 2.46. The predicted octanol–water partition coefficient (Wildman–Crippen LogP) is 3.09. The van der Waals surface area contributed by atoms with Gasteiger partial charge in [-0.05, 0) is 75.5 Å². The molecule has 6 rings (SSSR count). The number of likely N-dealkylation sites (tertiary alicyclic amines) is 1. The van der Waals surface area contributed by atoms with Crippen LogP contribution in [0.15, 0.2) is 35.1 Å². The van der Waals surface area contributed by atoms with Gasteiger partial charge in [0.15, 0.2) is 0 Å². The van der Waals surface area contributed by atoms with Crippen LogP contribution in [0.25, 0.3) is 11.0 Å². The monoisotopic (exact) mass is 585 g/mol. The van der Waals surface area contributed by atoms with Gasteiger partial charge in [0.25, 0.3) is 0 Å². The van der Waals surface area contributed by atoms with E-state index in [1.54, 1.807) is 25.1 Å². The lowest BCUT2D eigenvalue weighted by Crippen LogP contribution is -2.47. The average molecular weight is 586 g/mol. The van der Waals surface area contributed by atoms with E-state index in [1.165, 1.54) is 6.07 Å². The average Bonchev–Trinajstić information content (AvgIpc) is 3.36. The minimum atomic E-state index is -4.80. The number of alkyl halides is 3. The topological polar surface area (TPSA) is 133 Å². The molecule has 0 unspecified atom stereocenters. The molecular weight excluding hydrogens is 555 g/mol. The number of aliphatic hydroxyl groups excluding tert-OH is 1. The third-order valence-electron chi connectivity index (χ3n) is 8.93. The van der Waals surface area contributed by atoms with E-state index in [1.807, 2.05) is 0 Å². The Hall–Kier alpha value is -3.86. The molecule has 0 bridgehead atoms. The highest BCUT2D eigenvalue weighted by molar-refractivity contribution is 6.06. The number of rotatable bonds is 6. The van der Waals surface area contributed by atoms with Crippen molar-refractivity contribution in [2.75, 3.05) is 31.6 Å². The number of hydrogen-bond acceptors (Lipinski definition) is 7. The number of nitriles is 1. The summed E-state index contributed by atoms with van der Waals surface area (Å²) >= 11 is 0. The number of benzene rings is 2. The zero-order valence-corrected chi connectivity index (χ0v) is 22.9. The SMILES string of the molecule is CC1(O)CC(n2c(=O)n(CO)c3cc(OCCN4CCC5(CC4)C(=O)Nc4ccc(C#N)cc45)cc(C(F)(F)F)c32)C1. The molecule has 0 radical (unpaired) electrons. The van der Waals surface area contributed by atoms with Crippen molar-refractivity contribution in [3.8, 4) is 11.8 Å². The first kappa shape index (κ1) is 28.3. The lowest BCUT2D eigenvalue weighted by molar-refractivity contribution is -0.136. The normalized spacial score (nSPS) is 23.5. The van der Waals surface area contributed by atoms with Gasteiger partial charge < -0.3 is 20.3 Å². The summed E-state index contributed by atoms with van der Waals surface area (Å²) < 4.78 is 50.4. The van der Waals surface area contributed by atoms with Crippen molar-refractivity contribution in [2.45, 2.75) is 62.6 Å². The summed E-state index contributed by atoms with van der Waals surface area (Å²) in [6.45, 7) is 2.31. The van der Waals surface area contributed by atoms with Gasteiger partial charge in [0.2, 0.25) is 5.91 Å². The van der Waals surface area contributed by atoms with E-state index < -0.39 is 41.2 Å². The van der Waals surface area contributed by atoms with Gasteiger partial charge in [-0.25, -0.2) is 4.79 Å². The first-order valence-electron chi connectivity index (χ1n) is 13.8. The van der Waals surface area contributed by atoms with Crippen LogP contribution in [0.1, 0.15) is 55.3 Å². The molecule has 13 heteroatoms. The number of hydrogen-bond donors (Lipinski definition) is 3. The number of nitrogens with zero attached hydrogens (tertiary/aromatic N) is 4. The number of carbonyl (C=O) groups is 1. The summed E-state index contributed by atoms with van der Waals surface area (Å²) in [6, 6.07) is 8.85. The van der Waals surface area contributed by atoms with Crippen molar-refractivity contribution in [1.82, 2.24) is 14.0 Å². The van der Waals surface area contributed by atoms with Crippen LogP contribution in [0.2, 0.25) is 0 Å². The second-order valence-electron chi connectivity index (χ2n) is 11.7. The summed E-state index contributed by atoms with van der Waals surface area (Å²) in [6.07, 6.45) is -3.51. The third-order valence-corrected chi connectivity index (χ3v) is 8.93. The highest BCUT2D eigenvalue weighted by Gasteiger charge is 2.48. The summed E-state index contributed by atoms with van der Waals surface area (Å²) in [5.74, 6) is -0.180. The van der Waals surface area contributed by atoms with E-state index >= 15 is 0 Å². The van der Waals surface area contributed by atoms with Gasteiger partial charge in [-0.1, -0.05) is 0 Å². The minimum Gasteiger partial charge on any atom is -0.492 e. The van der Waals surface area contributed by atoms with E-state index in [9.17, 15) is 38.2 Å². The number of halogens is 3. The Balaban J connectivity index is 1.19. The summed E-state index contributed by atoms with van der Waals surface area (Å²) in [5.41, 5.74) is -2.04. The number of ether oxygens (including phenoxy) is 1. The van der Waals surface area contributed by atoms with E-state index in [4.69, 9.17) is 4.74 Å².